The van der Waals surface area contributed by atoms with Crippen molar-refractivity contribution < 1.29 is 19.1 Å². The summed E-state index contributed by atoms with van der Waals surface area (Å²) in [5.41, 5.74) is 1.32. The summed E-state index contributed by atoms with van der Waals surface area (Å²) in [6, 6.07) is 14.2. The lowest BCUT2D eigenvalue weighted by molar-refractivity contribution is 0.0983. The third-order valence-corrected chi connectivity index (χ3v) is 6.36. The van der Waals surface area contributed by atoms with Crippen molar-refractivity contribution in [3.63, 3.8) is 0 Å². The van der Waals surface area contributed by atoms with Gasteiger partial charge in [-0.05, 0) is 56.2 Å². The van der Waals surface area contributed by atoms with E-state index in [-0.39, 0.29) is 11.9 Å². The van der Waals surface area contributed by atoms with Gasteiger partial charge in [-0.1, -0.05) is 36.8 Å². The van der Waals surface area contributed by atoms with E-state index in [1.165, 1.54) is 10.4 Å². The van der Waals surface area contributed by atoms with E-state index in [0.29, 0.717) is 12.8 Å². The van der Waals surface area contributed by atoms with Crippen molar-refractivity contribution in [1.82, 2.24) is 0 Å². The Bertz CT molecular complexity index is 720. The van der Waals surface area contributed by atoms with Crippen LogP contribution in [0.15, 0.2) is 42.5 Å². The zero-order chi connectivity index (χ0) is 18.8. The van der Waals surface area contributed by atoms with Crippen molar-refractivity contribution >= 4 is 24.7 Å². The zero-order valence-corrected chi connectivity index (χ0v) is 16.7. The summed E-state index contributed by atoms with van der Waals surface area (Å²) in [6.07, 6.45) is 6.60. The SMILES string of the molecule is O=C(CCCCc1ccccc1)c1ccc(CCCCCP(=O)(O)O)s1. The van der Waals surface area contributed by atoms with Crippen molar-refractivity contribution in [3.05, 3.63) is 57.8 Å². The van der Waals surface area contributed by atoms with Gasteiger partial charge in [0.05, 0.1) is 4.88 Å². The van der Waals surface area contributed by atoms with E-state index in [2.05, 4.69) is 12.1 Å². The fourth-order valence-electron chi connectivity index (χ4n) is 2.84. The van der Waals surface area contributed by atoms with E-state index < -0.39 is 7.60 Å². The highest BCUT2D eigenvalue weighted by molar-refractivity contribution is 7.51. The second-order valence-corrected chi connectivity index (χ2v) is 9.53. The van der Waals surface area contributed by atoms with Gasteiger partial charge in [0, 0.05) is 17.5 Å². The first-order chi connectivity index (χ1) is 12.4. The second kappa shape index (κ2) is 10.8. The summed E-state index contributed by atoms with van der Waals surface area (Å²) in [5, 5.41) is 0. The van der Waals surface area contributed by atoms with Crippen LogP contribution in [0.25, 0.3) is 0 Å². The van der Waals surface area contributed by atoms with Crippen molar-refractivity contribution in [2.24, 2.45) is 0 Å². The number of thiophene rings is 1. The molecule has 0 saturated carbocycles. The molecule has 2 rings (SSSR count). The van der Waals surface area contributed by atoms with Crippen LogP contribution in [0.3, 0.4) is 0 Å². The van der Waals surface area contributed by atoms with Gasteiger partial charge in [0.2, 0.25) is 0 Å². The third kappa shape index (κ3) is 8.41. The predicted octanol–water partition coefficient (Wildman–Crippen LogP) is 5.23. The van der Waals surface area contributed by atoms with Gasteiger partial charge in [0.25, 0.3) is 0 Å². The summed E-state index contributed by atoms with van der Waals surface area (Å²) in [7, 11) is -3.86. The highest BCUT2D eigenvalue weighted by Crippen LogP contribution is 2.35. The molecule has 0 amide bonds. The molecular formula is C20H27O4PS. The Morgan fingerprint density at radius 2 is 1.62 bits per heavy atom. The number of carbonyl (C=O) groups is 1. The number of rotatable bonds is 12. The second-order valence-electron chi connectivity index (χ2n) is 6.58. The number of unbranched alkanes of at least 4 members (excludes halogenated alkanes) is 3. The van der Waals surface area contributed by atoms with Gasteiger partial charge in [-0.3, -0.25) is 9.36 Å². The van der Waals surface area contributed by atoms with Crippen molar-refractivity contribution in [2.75, 3.05) is 6.16 Å². The topological polar surface area (TPSA) is 74.6 Å². The number of hydrogen-bond donors (Lipinski definition) is 2. The van der Waals surface area contributed by atoms with Gasteiger partial charge < -0.3 is 9.79 Å². The summed E-state index contributed by atoms with van der Waals surface area (Å²) in [4.78, 5) is 31.9. The molecule has 0 aliphatic rings. The molecule has 4 nitrogen and oxygen atoms in total. The van der Waals surface area contributed by atoms with Crippen LogP contribution in [0, 0.1) is 0 Å². The number of aryl methyl sites for hydroxylation is 2. The molecule has 0 aliphatic heterocycles. The van der Waals surface area contributed by atoms with Crippen LogP contribution in [0.1, 0.15) is 58.6 Å². The van der Waals surface area contributed by atoms with Gasteiger partial charge in [0.15, 0.2) is 5.78 Å². The molecular weight excluding hydrogens is 367 g/mol. The molecule has 0 radical (unpaired) electrons. The molecule has 0 fully saturated rings. The van der Waals surface area contributed by atoms with E-state index in [0.717, 1.165) is 43.4 Å². The Kier molecular flexibility index (Phi) is 8.73. The number of carbonyl (C=O) groups excluding carboxylic acids is 1. The molecule has 2 aromatic rings. The monoisotopic (exact) mass is 394 g/mol. The first-order valence-corrected chi connectivity index (χ1v) is 11.8. The Morgan fingerprint density at radius 1 is 0.885 bits per heavy atom. The minimum absolute atomic E-state index is 0.0375. The molecule has 26 heavy (non-hydrogen) atoms. The first kappa shape index (κ1) is 21.0. The molecule has 142 valence electrons. The largest absolute Gasteiger partial charge is 0.325 e. The van der Waals surface area contributed by atoms with Gasteiger partial charge in [-0.25, -0.2) is 0 Å². The van der Waals surface area contributed by atoms with Crippen LogP contribution < -0.4 is 0 Å². The summed E-state index contributed by atoms with van der Waals surface area (Å²) < 4.78 is 10.8. The fourth-order valence-corrected chi connectivity index (χ4v) is 4.49. The summed E-state index contributed by atoms with van der Waals surface area (Å²) >= 11 is 1.56. The minimum atomic E-state index is -3.86. The smallest absolute Gasteiger partial charge is 0.324 e. The van der Waals surface area contributed by atoms with Crippen LogP contribution in [0.2, 0.25) is 0 Å². The van der Waals surface area contributed by atoms with Crippen LogP contribution >= 0.6 is 18.9 Å². The maximum Gasteiger partial charge on any atom is 0.325 e. The molecule has 0 bridgehead atoms. The molecule has 0 atom stereocenters. The zero-order valence-electron chi connectivity index (χ0n) is 15.0. The Morgan fingerprint density at radius 3 is 2.35 bits per heavy atom. The van der Waals surface area contributed by atoms with Gasteiger partial charge >= 0.3 is 7.60 Å². The minimum Gasteiger partial charge on any atom is -0.324 e. The van der Waals surface area contributed by atoms with Crippen molar-refractivity contribution in [2.45, 2.75) is 51.4 Å². The number of Topliss-reactive ketones (excluding diaryl/α,β-unsaturated/α-hetero) is 1. The van der Waals surface area contributed by atoms with Crippen LogP contribution in [-0.2, 0) is 17.4 Å². The number of benzene rings is 1. The maximum atomic E-state index is 12.3. The molecule has 0 aliphatic carbocycles. The molecule has 0 spiro atoms. The van der Waals surface area contributed by atoms with Crippen LogP contribution in [-0.4, -0.2) is 21.7 Å². The van der Waals surface area contributed by atoms with Crippen LogP contribution in [0.4, 0.5) is 0 Å². The lowest BCUT2D eigenvalue weighted by atomic mass is 10.1. The number of ketones is 1. The van der Waals surface area contributed by atoms with E-state index in [9.17, 15) is 9.36 Å². The Hall–Kier alpha value is -1.26. The summed E-state index contributed by atoms with van der Waals surface area (Å²) in [5.74, 6) is 0.218. The summed E-state index contributed by atoms with van der Waals surface area (Å²) in [6.45, 7) is 0. The highest BCUT2D eigenvalue weighted by Gasteiger charge is 2.12. The molecule has 1 aromatic carbocycles. The quantitative estimate of drug-likeness (QED) is 0.293. The maximum absolute atomic E-state index is 12.3. The van der Waals surface area contributed by atoms with Gasteiger partial charge in [-0.2, -0.15) is 0 Å². The standard InChI is InChI=1S/C20H27O4PS/c21-19(13-7-6-11-17-9-3-1-4-10-17)20-15-14-18(26-20)12-5-2-8-16-25(22,23)24/h1,3-4,9-10,14-15H,2,5-8,11-13,16H2,(H2,22,23,24). The average Bonchev–Trinajstić information content (AvgIpc) is 3.07. The number of hydrogen-bond acceptors (Lipinski definition) is 3. The van der Waals surface area contributed by atoms with Crippen LogP contribution in [0.5, 0.6) is 0 Å². The Balaban J connectivity index is 1.63. The molecule has 1 heterocycles. The normalized spacial score (nSPS) is 11.6. The molecule has 0 unspecified atom stereocenters. The predicted molar refractivity (Wildman–Crippen MR) is 107 cm³/mol. The lowest BCUT2D eigenvalue weighted by Crippen LogP contribution is -1.96. The van der Waals surface area contributed by atoms with E-state index in [1.807, 2.05) is 30.3 Å². The molecule has 1 aromatic heterocycles. The van der Waals surface area contributed by atoms with Gasteiger partial charge in [0.1, 0.15) is 0 Å². The van der Waals surface area contributed by atoms with Gasteiger partial charge in [-0.15, -0.1) is 11.3 Å². The first-order valence-electron chi connectivity index (χ1n) is 9.14. The van der Waals surface area contributed by atoms with E-state index >= 15 is 0 Å². The molecule has 0 saturated heterocycles. The Labute approximate surface area is 159 Å². The molecule has 2 N–H and O–H groups in total. The van der Waals surface area contributed by atoms with Crippen molar-refractivity contribution in [1.29, 1.82) is 0 Å². The third-order valence-electron chi connectivity index (χ3n) is 4.27. The fraction of sp³-hybridized carbons (Fsp3) is 0.450. The van der Waals surface area contributed by atoms with E-state index in [1.54, 1.807) is 11.3 Å². The molecule has 6 heteroatoms. The van der Waals surface area contributed by atoms with E-state index in [4.69, 9.17) is 9.79 Å². The highest BCUT2D eigenvalue weighted by atomic mass is 32.1. The lowest BCUT2D eigenvalue weighted by Gasteiger charge is -2.02. The average molecular weight is 394 g/mol. The van der Waals surface area contributed by atoms with Crippen molar-refractivity contribution in [3.8, 4) is 0 Å².